The Morgan fingerprint density at radius 1 is 1.40 bits per heavy atom. The third kappa shape index (κ3) is 5.02. The molecule has 0 aromatic heterocycles. The molecule has 0 bridgehead atoms. The average Bonchev–Trinajstić information content (AvgIpc) is 2.37. The number of rotatable bonds is 8. The number of aliphatic hydroxyl groups excluding tert-OH is 1. The predicted octanol–water partition coefficient (Wildman–Crippen LogP) is 1.02. The smallest absolute Gasteiger partial charge is 0.240 e. The number of ether oxygens (including phenoxy) is 1. The van der Waals surface area contributed by atoms with E-state index in [0.717, 1.165) is 0 Å². The van der Waals surface area contributed by atoms with Crippen LogP contribution in [-0.2, 0) is 14.8 Å². The maximum Gasteiger partial charge on any atom is 0.240 e. The van der Waals surface area contributed by atoms with Gasteiger partial charge >= 0.3 is 0 Å². The van der Waals surface area contributed by atoms with E-state index in [1.54, 1.807) is 13.0 Å². The molecular weight excluding hydrogens is 348 g/mol. The van der Waals surface area contributed by atoms with Crippen molar-refractivity contribution >= 4 is 31.6 Å². The maximum absolute atomic E-state index is 12.2. The molecule has 0 unspecified atom stereocenters. The lowest BCUT2D eigenvalue weighted by Crippen LogP contribution is -2.26. The number of nitrogen functional groups attached to an aromatic ring is 1. The third-order valence-electron chi connectivity index (χ3n) is 2.65. The molecule has 0 aliphatic rings. The van der Waals surface area contributed by atoms with Gasteiger partial charge in [-0.3, -0.25) is 0 Å². The highest BCUT2D eigenvalue weighted by Gasteiger charge is 2.18. The number of sulfonamides is 1. The summed E-state index contributed by atoms with van der Waals surface area (Å²) in [6.07, 6.45) is 0.530. The Kier molecular flexibility index (Phi) is 6.90. The van der Waals surface area contributed by atoms with E-state index in [-0.39, 0.29) is 24.7 Å². The first-order valence-electron chi connectivity index (χ1n) is 6.12. The van der Waals surface area contributed by atoms with Crippen molar-refractivity contribution in [3.8, 4) is 0 Å². The monoisotopic (exact) mass is 366 g/mol. The van der Waals surface area contributed by atoms with E-state index in [1.807, 2.05) is 0 Å². The molecule has 0 heterocycles. The minimum absolute atomic E-state index is 0.0394. The molecule has 0 saturated heterocycles. The standard InChI is InChI=1S/C12H19BrN2O4S/c1-9-11(14)7-10(13)8-12(9)20(17,18)15-3-2-5-19-6-4-16/h7-8,15-16H,2-6,14H2,1H3. The summed E-state index contributed by atoms with van der Waals surface area (Å²) in [5.41, 5.74) is 6.71. The first-order chi connectivity index (χ1) is 9.38. The molecule has 0 atom stereocenters. The second-order valence-corrected chi connectivity index (χ2v) is 6.86. The number of halogens is 1. The van der Waals surface area contributed by atoms with E-state index >= 15 is 0 Å². The predicted molar refractivity (Wildman–Crippen MR) is 81.0 cm³/mol. The molecule has 0 saturated carbocycles. The second-order valence-electron chi connectivity index (χ2n) is 4.21. The summed E-state index contributed by atoms with van der Waals surface area (Å²) in [4.78, 5) is 0.167. The van der Waals surface area contributed by atoms with Crippen LogP contribution in [0.25, 0.3) is 0 Å². The summed E-state index contributed by atoms with van der Waals surface area (Å²) in [5.74, 6) is 0. The van der Waals surface area contributed by atoms with Gasteiger partial charge in [0.1, 0.15) is 0 Å². The number of nitrogens with two attached hydrogens (primary N) is 1. The normalized spacial score (nSPS) is 11.8. The van der Waals surface area contributed by atoms with Gasteiger partial charge in [0.25, 0.3) is 0 Å². The van der Waals surface area contributed by atoms with E-state index in [0.29, 0.717) is 28.8 Å². The number of anilines is 1. The van der Waals surface area contributed by atoms with Crippen molar-refractivity contribution in [3.63, 3.8) is 0 Å². The van der Waals surface area contributed by atoms with Crippen LogP contribution in [0.2, 0.25) is 0 Å². The van der Waals surface area contributed by atoms with Gasteiger partial charge in [0.15, 0.2) is 0 Å². The van der Waals surface area contributed by atoms with Crippen molar-refractivity contribution in [2.45, 2.75) is 18.2 Å². The summed E-state index contributed by atoms with van der Waals surface area (Å²) < 4.78 is 32.5. The lowest BCUT2D eigenvalue weighted by Gasteiger charge is -2.11. The quantitative estimate of drug-likeness (QED) is 0.470. The minimum atomic E-state index is -3.59. The van der Waals surface area contributed by atoms with Gasteiger partial charge in [-0.15, -0.1) is 0 Å². The van der Waals surface area contributed by atoms with Gasteiger partial charge in [-0.1, -0.05) is 15.9 Å². The zero-order valence-corrected chi connectivity index (χ0v) is 13.6. The van der Waals surface area contributed by atoms with Crippen molar-refractivity contribution in [3.05, 3.63) is 22.2 Å². The van der Waals surface area contributed by atoms with Gasteiger partial charge in [0.2, 0.25) is 10.0 Å². The van der Waals surface area contributed by atoms with Crippen LogP contribution < -0.4 is 10.5 Å². The van der Waals surface area contributed by atoms with E-state index in [4.69, 9.17) is 15.6 Å². The van der Waals surface area contributed by atoms with Gasteiger partial charge in [0, 0.05) is 23.3 Å². The van der Waals surface area contributed by atoms with Crippen molar-refractivity contribution in [1.29, 1.82) is 0 Å². The molecule has 0 radical (unpaired) electrons. The molecular formula is C12H19BrN2O4S. The largest absolute Gasteiger partial charge is 0.398 e. The van der Waals surface area contributed by atoms with Gasteiger partial charge in [0.05, 0.1) is 18.1 Å². The van der Waals surface area contributed by atoms with Crippen LogP contribution in [0.5, 0.6) is 0 Å². The Morgan fingerprint density at radius 2 is 2.10 bits per heavy atom. The van der Waals surface area contributed by atoms with Crippen LogP contribution in [0.15, 0.2) is 21.5 Å². The Morgan fingerprint density at radius 3 is 2.75 bits per heavy atom. The molecule has 6 nitrogen and oxygen atoms in total. The topological polar surface area (TPSA) is 102 Å². The molecule has 0 amide bonds. The van der Waals surface area contributed by atoms with E-state index in [1.165, 1.54) is 6.07 Å². The Labute approximate surface area is 127 Å². The molecule has 0 spiro atoms. The first kappa shape index (κ1) is 17.4. The van der Waals surface area contributed by atoms with Gasteiger partial charge < -0.3 is 15.6 Å². The van der Waals surface area contributed by atoms with Gasteiger partial charge in [-0.05, 0) is 31.0 Å². The number of benzene rings is 1. The first-order valence-corrected chi connectivity index (χ1v) is 8.40. The number of aliphatic hydroxyl groups is 1. The molecule has 20 heavy (non-hydrogen) atoms. The third-order valence-corrected chi connectivity index (χ3v) is 4.69. The van der Waals surface area contributed by atoms with Crippen LogP contribution in [0.3, 0.4) is 0 Å². The SMILES string of the molecule is Cc1c(N)cc(Br)cc1S(=O)(=O)NCCCOCCO. The molecule has 0 aliphatic heterocycles. The Hall–Kier alpha value is -0.670. The number of hydrogen-bond acceptors (Lipinski definition) is 5. The highest BCUT2D eigenvalue weighted by Crippen LogP contribution is 2.26. The molecule has 1 aromatic rings. The van der Waals surface area contributed by atoms with Crippen LogP contribution >= 0.6 is 15.9 Å². The lowest BCUT2D eigenvalue weighted by molar-refractivity contribution is 0.0913. The zero-order valence-electron chi connectivity index (χ0n) is 11.2. The van der Waals surface area contributed by atoms with Crippen molar-refractivity contribution in [2.75, 3.05) is 32.1 Å². The summed E-state index contributed by atoms with van der Waals surface area (Å²) in [7, 11) is -3.59. The van der Waals surface area contributed by atoms with Crippen LogP contribution in [0, 0.1) is 6.92 Å². The van der Waals surface area contributed by atoms with Crippen molar-refractivity contribution in [2.24, 2.45) is 0 Å². The van der Waals surface area contributed by atoms with Crippen LogP contribution in [0.1, 0.15) is 12.0 Å². The minimum Gasteiger partial charge on any atom is -0.398 e. The van der Waals surface area contributed by atoms with Gasteiger partial charge in [-0.2, -0.15) is 0 Å². The molecule has 0 aliphatic carbocycles. The molecule has 114 valence electrons. The van der Waals surface area contributed by atoms with Gasteiger partial charge in [-0.25, -0.2) is 13.1 Å². The lowest BCUT2D eigenvalue weighted by atomic mass is 10.2. The second kappa shape index (κ2) is 7.94. The molecule has 1 aromatic carbocycles. The van der Waals surface area contributed by atoms with Crippen molar-refractivity contribution in [1.82, 2.24) is 4.72 Å². The highest BCUT2D eigenvalue weighted by molar-refractivity contribution is 9.10. The van der Waals surface area contributed by atoms with Crippen molar-refractivity contribution < 1.29 is 18.3 Å². The van der Waals surface area contributed by atoms with E-state index in [9.17, 15) is 8.42 Å². The summed E-state index contributed by atoms with van der Waals surface area (Å²) >= 11 is 3.23. The molecule has 4 N–H and O–H groups in total. The fourth-order valence-electron chi connectivity index (χ4n) is 1.58. The highest BCUT2D eigenvalue weighted by atomic mass is 79.9. The Balaban J connectivity index is 2.65. The average molecular weight is 367 g/mol. The van der Waals surface area contributed by atoms with E-state index in [2.05, 4.69) is 20.7 Å². The Bertz CT molecular complexity index is 549. The van der Waals surface area contributed by atoms with Crippen LogP contribution in [-0.4, -0.2) is 39.9 Å². The van der Waals surface area contributed by atoms with Crippen LogP contribution in [0.4, 0.5) is 5.69 Å². The zero-order chi connectivity index (χ0) is 15.2. The summed E-state index contributed by atoms with van der Waals surface area (Å²) in [5, 5.41) is 8.53. The summed E-state index contributed by atoms with van der Waals surface area (Å²) in [6, 6.07) is 3.19. The number of hydrogen-bond donors (Lipinski definition) is 3. The fourth-order valence-corrected chi connectivity index (χ4v) is 3.58. The fraction of sp³-hybridized carbons (Fsp3) is 0.500. The summed E-state index contributed by atoms with van der Waals surface area (Å²) in [6.45, 7) is 2.54. The van der Waals surface area contributed by atoms with E-state index < -0.39 is 10.0 Å². The number of nitrogens with one attached hydrogen (secondary N) is 1. The molecule has 8 heteroatoms. The molecule has 1 rings (SSSR count). The molecule has 0 fully saturated rings. The maximum atomic E-state index is 12.2.